The number of carboxylic acid groups (broad SMARTS) is 2. The molecule has 2 aromatic heterocycles. The van der Waals surface area contributed by atoms with E-state index >= 15 is 0 Å². The monoisotopic (exact) mass is 1650 g/mol. The number of aliphatic carboxylic acids is 2. The fraction of sp³-hybridized carbons (Fsp3) is 0.429. The molecule has 0 aliphatic carbocycles. The second kappa shape index (κ2) is 45.5. The molecule has 15 N–H and O–H groups in total. The van der Waals surface area contributed by atoms with Crippen molar-refractivity contribution in [3.05, 3.63) is 84.9 Å². The Morgan fingerprint density at radius 1 is 0.394 bits per heavy atom. The number of phenols is 4. The van der Waals surface area contributed by atoms with Gasteiger partial charge in [0, 0.05) is 120 Å². The molecular formula is C70H101Cu2N21O14S2+2. The average molecular weight is 1650 g/mol. The molecule has 0 saturated carbocycles. The molecule has 39 heteroatoms. The van der Waals surface area contributed by atoms with Gasteiger partial charge in [0.05, 0.1) is 0 Å². The Balaban J connectivity index is 0.00000332. The van der Waals surface area contributed by atoms with Crippen LogP contribution in [0.15, 0.2) is 115 Å². The van der Waals surface area contributed by atoms with Gasteiger partial charge in [0.1, 0.15) is 44.0 Å². The average Bonchev–Trinajstić information content (AvgIpc) is 0.768. The summed E-state index contributed by atoms with van der Waals surface area (Å²) in [6, 6.07) is 19.6. The van der Waals surface area contributed by atoms with E-state index in [9.17, 15) is 46.4 Å². The Bertz CT molecular complexity index is 4230. The Morgan fingerprint density at radius 2 is 0.651 bits per heavy atom. The summed E-state index contributed by atoms with van der Waals surface area (Å²) >= 11 is 0. The van der Waals surface area contributed by atoms with Crippen LogP contribution in [-0.4, -0.2) is 223 Å². The molecule has 6 aromatic carbocycles. The zero-order valence-corrected chi connectivity index (χ0v) is 65.9. The summed E-state index contributed by atoms with van der Waals surface area (Å²) in [4.78, 5) is 53.1. The Labute approximate surface area is 658 Å². The van der Waals surface area contributed by atoms with Gasteiger partial charge in [-0.15, -0.1) is 20.5 Å². The fourth-order valence-corrected chi connectivity index (χ4v) is 12.1. The van der Waals surface area contributed by atoms with Crippen LogP contribution in [0.3, 0.4) is 0 Å². The first-order valence-electron chi connectivity index (χ1n) is 35.1. The summed E-state index contributed by atoms with van der Waals surface area (Å²) in [5.74, 6) is -2.00. The standard InChI is InChI=1S/C66H91N21O10S2.2C2H4O2.2Cu/c1-9-84(10-2)33-17-29-67-61-74-62(68-30-18-34-85(11-3)12-4)77-65(76-61)72-47-23-27-51(53(88)41-47)80-82-57-55(98(92,93)94)39-43-37-45(21-25-49(43)59(57)90)71-46-22-26-50-44(38-46)40-56(99(95,96)97)58(60(50)91)83-81-52-28-24-48(42-54(52)89)73-66-78-63(69-31-19-35-86(13-5)14-6)75-64(79-66)70-32-20-36-87(15-7)16-8;2*1-2(3)4;;/h21-28,37-42,71,88-91H,9-20,29-36H2,1-8H3,(H,92,93,94)(H,95,96,97)(H3,67,68,72,74,76,77)(H3,69,70,73,75,78,79);2*1H3,(H,3,4);;/p+2. The van der Waals surface area contributed by atoms with E-state index in [-0.39, 0.29) is 93.3 Å². The maximum absolute atomic E-state index is 12.9. The van der Waals surface area contributed by atoms with Gasteiger partial charge in [-0.05, 0) is 188 Å². The van der Waals surface area contributed by atoms with Gasteiger partial charge in [-0.1, -0.05) is 55.4 Å². The summed E-state index contributed by atoms with van der Waals surface area (Å²) in [7, 11) is -10.2. The predicted octanol–water partition coefficient (Wildman–Crippen LogP) is 12.7. The van der Waals surface area contributed by atoms with Gasteiger partial charge in [0.25, 0.3) is 32.2 Å². The first kappa shape index (κ1) is 91.9. The summed E-state index contributed by atoms with van der Waals surface area (Å²) in [6.45, 7) is 32.8. The number of aromatic nitrogens is 6. The SMILES string of the molecule is CC(=O)O.CC(=O)O.CCN(CC)CCCNc1nc(NCCCN(CC)CC)nc(Nc2ccc(N=Nc3c(S(=O)(=O)O)cc4cc(Nc5ccc6c(O)c(N=Nc7ccc(Nc8nc(NCCCN(CC)CC)nc(NCCCN(CC)CC)n8)cc7O)c(S(=O)(=O)O)cc6c5)ccc4c3O)c(O)c2)n1.[Cu].[Cu].[H+].[H+]. The summed E-state index contributed by atoms with van der Waals surface area (Å²) in [6.07, 6.45) is 3.44. The van der Waals surface area contributed by atoms with Gasteiger partial charge < -0.3 is 87.5 Å². The number of benzene rings is 6. The molecule has 0 fully saturated rings. The van der Waals surface area contributed by atoms with E-state index in [1.165, 1.54) is 60.7 Å². The minimum absolute atomic E-state index is 0. The van der Waals surface area contributed by atoms with Crippen LogP contribution in [0.2, 0.25) is 0 Å². The van der Waals surface area contributed by atoms with Crippen LogP contribution in [-0.2, 0) is 64.0 Å². The molecule has 0 aliphatic rings. The fourth-order valence-electron chi connectivity index (χ4n) is 10.8. The number of carboxylic acids is 2. The number of nitrogens with zero attached hydrogens (tertiary/aromatic N) is 14. The second-order valence-electron chi connectivity index (χ2n) is 24.0. The summed E-state index contributed by atoms with van der Waals surface area (Å²) in [5.41, 5.74) is -0.120. The number of hydrogen-bond donors (Lipinski definition) is 15. The number of hydrogen-bond acceptors (Lipinski definition) is 31. The molecule has 0 spiro atoms. The van der Waals surface area contributed by atoms with E-state index in [0.717, 1.165) is 130 Å². The molecule has 2 heterocycles. The van der Waals surface area contributed by atoms with E-state index in [1.807, 2.05) is 0 Å². The first-order valence-corrected chi connectivity index (χ1v) is 38.0. The van der Waals surface area contributed by atoms with E-state index in [4.69, 9.17) is 19.8 Å². The Hall–Kier alpha value is -9.50. The zero-order chi connectivity index (χ0) is 78.4. The number of anilines is 10. The van der Waals surface area contributed by atoms with Gasteiger partial charge in [-0.25, -0.2) is 0 Å². The molecule has 0 amide bonds. The van der Waals surface area contributed by atoms with E-state index in [1.54, 1.807) is 12.1 Å². The largest absolute Gasteiger partial charge is 1.00 e. The maximum atomic E-state index is 12.9. The number of fused-ring (bicyclic) bond motifs is 2. The molecule has 0 saturated heterocycles. The molecule has 8 rings (SSSR count). The van der Waals surface area contributed by atoms with Crippen LogP contribution < -0.4 is 37.2 Å². The molecule has 602 valence electrons. The van der Waals surface area contributed by atoms with Crippen molar-refractivity contribution in [1.29, 1.82) is 0 Å². The van der Waals surface area contributed by atoms with Gasteiger partial charge in [0.15, 0.2) is 11.5 Å². The third kappa shape index (κ3) is 29.4. The first-order chi connectivity index (χ1) is 51.0. The number of azo groups is 2. The molecule has 0 atom stereocenters. The van der Waals surface area contributed by atoms with Crippen LogP contribution in [0.5, 0.6) is 23.0 Å². The van der Waals surface area contributed by atoms with E-state index in [2.05, 4.69) is 163 Å². The molecular weight excluding hydrogens is 1550 g/mol. The molecule has 2 radical (unpaired) electrons. The molecule has 0 bridgehead atoms. The molecule has 8 aromatic rings. The smallest absolute Gasteiger partial charge is 0.506 e. The normalized spacial score (nSPS) is 11.5. The number of rotatable bonds is 40. The van der Waals surface area contributed by atoms with E-state index in [0.29, 0.717) is 72.7 Å². The van der Waals surface area contributed by atoms with Crippen LogP contribution >= 0.6 is 0 Å². The number of carbonyl (C=O) groups is 2. The minimum Gasteiger partial charge on any atom is -0.506 e. The van der Waals surface area contributed by atoms with Crippen molar-refractivity contribution in [2.24, 2.45) is 20.5 Å². The van der Waals surface area contributed by atoms with Crippen molar-refractivity contribution >= 4 is 135 Å². The van der Waals surface area contributed by atoms with Crippen molar-refractivity contribution in [3.8, 4) is 23.0 Å². The van der Waals surface area contributed by atoms with Crippen LogP contribution in [0, 0.1) is 0 Å². The Morgan fingerprint density at radius 3 is 0.908 bits per heavy atom. The molecule has 0 unspecified atom stereocenters. The zero-order valence-electron chi connectivity index (χ0n) is 64.4. The van der Waals surface area contributed by atoms with Gasteiger partial charge in [0.2, 0.25) is 35.7 Å². The Kier molecular flexibility index (Phi) is 38.3. The number of nitrogens with one attached hydrogen (secondary N) is 7. The third-order valence-electron chi connectivity index (χ3n) is 16.5. The van der Waals surface area contributed by atoms with Crippen LogP contribution in [0.25, 0.3) is 21.5 Å². The van der Waals surface area contributed by atoms with Crippen molar-refractivity contribution in [3.63, 3.8) is 0 Å². The molecule has 0 aliphatic heterocycles. The van der Waals surface area contributed by atoms with Gasteiger partial charge >= 0.3 is 2.85 Å². The molecule has 35 nitrogen and oxygen atoms in total. The van der Waals surface area contributed by atoms with Gasteiger partial charge in [-0.2, -0.15) is 46.7 Å². The predicted molar refractivity (Wildman–Crippen MR) is 417 cm³/mol. The van der Waals surface area contributed by atoms with Gasteiger partial charge in [-0.3, -0.25) is 18.7 Å². The number of phenolic OH excluding ortho intramolecular Hbond substituents is 4. The molecule has 109 heavy (non-hydrogen) atoms. The quantitative estimate of drug-likeness (QED) is 0.00734. The number of aromatic hydroxyl groups is 4. The van der Waals surface area contributed by atoms with Crippen molar-refractivity contribution in [1.82, 2.24) is 49.5 Å². The van der Waals surface area contributed by atoms with E-state index < -0.39 is 64.8 Å². The van der Waals surface area contributed by atoms with Crippen molar-refractivity contribution in [2.75, 3.05) is 142 Å². The van der Waals surface area contributed by atoms with Crippen molar-refractivity contribution in [2.45, 2.75) is 105 Å². The summed E-state index contributed by atoms with van der Waals surface area (Å²) in [5, 5.41) is 99.3. The topological polar surface area (TPSA) is 488 Å². The van der Waals surface area contributed by atoms with Crippen LogP contribution in [0.1, 0.15) is 97.8 Å². The van der Waals surface area contributed by atoms with Crippen molar-refractivity contribution < 1.29 is 103 Å². The van der Waals surface area contributed by atoms with Crippen LogP contribution in [0.4, 0.5) is 81.2 Å². The maximum Gasteiger partial charge on any atom is 1.00 e. The minimum atomic E-state index is -5.08. The second-order valence-corrected chi connectivity index (χ2v) is 26.8. The third-order valence-corrected chi connectivity index (χ3v) is 18.2. The summed E-state index contributed by atoms with van der Waals surface area (Å²) < 4.78 is 72.7.